The Morgan fingerprint density at radius 3 is 2.76 bits per heavy atom. The average Bonchev–Trinajstić information content (AvgIpc) is 2.78. The van der Waals surface area contributed by atoms with Gasteiger partial charge in [0, 0.05) is 18.7 Å². The lowest BCUT2D eigenvalue weighted by molar-refractivity contribution is 0.168. The Balaban J connectivity index is 2.13. The molecule has 0 aliphatic rings. The lowest BCUT2D eigenvalue weighted by Crippen LogP contribution is -2.12. The Morgan fingerprint density at radius 1 is 1.29 bits per heavy atom. The first-order valence-electron chi connectivity index (χ1n) is 5.51. The summed E-state index contributed by atoms with van der Waals surface area (Å²) < 4.78 is 1.80. The summed E-state index contributed by atoms with van der Waals surface area (Å²) in [5.41, 5.74) is 0.596. The molecule has 0 fully saturated rings. The third-order valence-electron chi connectivity index (χ3n) is 2.46. The van der Waals surface area contributed by atoms with E-state index >= 15 is 0 Å². The standard InChI is InChI=1S/C11H15N5O/c1-8(2)16-11(14-7-15-16)5-10(17)9-3-4-12-6-13-9/h3-4,6-8,10,17H,5H2,1-2H3. The summed E-state index contributed by atoms with van der Waals surface area (Å²) >= 11 is 0. The van der Waals surface area contributed by atoms with E-state index in [1.807, 2.05) is 13.8 Å². The van der Waals surface area contributed by atoms with Crippen LogP contribution in [0.15, 0.2) is 24.9 Å². The molecule has 0 saturated carbocycles. The molecule has 0 amide bonds. The van der Waals surface area contributed by atoms with Gasteiger partial charge in [0.05, 0.1) is 5.69 Å². The van der Waals surface area contributed by atoms with Crippen LogP contribution >= 0.6 is 0 Å². The van der Waals surface area contributed by atoms with Gasteiger partial charge in [-0.05, 0) is 19.9 Å². The minimum absolute atomic E-state index is 0.227. The molecule has 0 aromatic carbocycles. The van der Waals surface area contributed by atoms with Crippen molar-refractivity contribution in [2.45, 2.75) is 32.4 Å². The predicted octanol–water partition coefficient (Wildman–Crippen LogP) is 0.925. The minimum Gasteiger partial charge on any atom is -0.386 e. The van der Waals surface area contributed by atoms with E-state index in [1.54, 1.807) is 16.9 Å². The highest BCUT2D eigenvalue weighted by Gasteiger charge is 2.15. The summed E-state index contributed by atoms with van der Waals surface area (Å²) in [6, 6.07) is 1.92. The summed E-state index contributed by atoms with van der Waals surface area (Å²) in [5, 5.41) is 14.2. The molecule has 0 bridgehead atoms. The van der Waals surface area contributed by atoms with Gasteiger partial charge in [-0.25, -0.2) is 19.6 Å². The molecule has 0 radical (unpaired) electrons. The number of nitrogens with zero attached hydrogens (tertiary/aromatic N) is 5. The zero-order chi connectivity index (χ0) is 12.3. The second kappa shape index (κ2) is 5.01. The highest BCUT2D eigenvalue weighted by Crippen LogP contribution is 2.15. The van der Waals surface area contributed by atoms with Crippen molar-refractivity contribution in [2.75, 3.05) is 0 Å². The number of aliphatic hydroxyl groups excluding tert-OH is 1. The van der Waals surface area contributed by atoms with Crippen molar-refractivity contribution in [3.05, 3.63) is 36.4 Å². The van der Waals surface area contributed by atoms with E-state index in [4.69, 9.17) is 0 Å². The third-order valence-corrected chi connectivity index (χ3v) is 2.46. The number of hydrogen-bond acceptors (Lipinski definition) is 5. The molecule has 2 aromatic heterocycles. The van der Waals surface area contributed by atoms with Gasteiger partial charge >= 0.3 is 0 Å². The maximum atomic E-state index is 10.0. The number of aliphatic hydroxyl groups is 1. The third kappa shape index (κ3) is 2.65. The maximum absolute atomic E-state index is 10.0. The first kappa shape index (κ1) is 11.7. The van der Waals surface area contributed by atoms with Crippen LogP contribution in [0.5, 0.6) is 0 Å². The number of rotatable bonds is 4. The second-order valence-corrected chi connectivity index (χ2v) is 4.07. The number of aromatic nitrogens is 5. The molecule has 0 aliphatic carbocycles. The van der Waals surface area contributed by atoms with Gasteiger partial charge in [0.25, 0.3) is 0 Å². The molecule has 1 N–H and O–H groups in total. The van der Waals surface area contributed by atoms with Crippen LogP contribution in [0.25, 0.3) is 0 Å². The van der Waals surface area contributed by atoms with E-state index in [-0.39, 0.29) is 6.04 Å². The summed E-state index contributed by atoms with van der Waals surface area (Å²) in [4.78, 5) is 12.0. The summed E-state index contributed by atoms with van der Waals surface area (Å²) in [7, 11) is 0. The molecule has 1 atom stereocenters. The van der Waals surface area contributed by atoms with Crippen LogP contribution in [0.4, 0.5) is 0 Å². The average molecular weight is 233 g/mol. The van der Waals surface area contributed by atoms with Crippen molar-refractivity contribution in [2.24, 2.45) is 0 Å². The molecule has 6 nitrogen and oxygen atoms in total. The van der Waals surface area contributed by atoms with Crippen LogP contribution in [0.3, 0.4) is 0 Å². The fourth-order valence-electron chi connectivity index (χ4n) is 1.63. The maximum Gasteiger partial charge on any atom is 0.138 e. The Morgan fingerprint density at radius 2 is 2.12 bits per heavy atom. The van der Waals surface area contributed by atoms with Gasteiger partial charge < -0.3 is 5.11 Å². The molecule has 0 aliphatic heterocycles. The van der Waals surface area contributed by atoms with Crippen molar-refractivity contribution in [3.8, 4) is 0 Å². The minimum atomic E-state index is -0.681. The lowest BCUT2D eigenvalue weighted by atomic mass is 10.1. The second-order valence-electron chi connectivity index (χ2n) is 4.07. The quantitative estimate of drug-likeness (QED) is 0.849. The van der Waals surface area contributed by atoms with Gasteiger partial charge in [-0.1, -0.05) is 0 Å². The largest absolute Gasteiger partial charge is 0.386 e. The summed E-state index contributed by atoms with van der Waals surface area (Å²) in [6.07, 6.45) is 4.25. The molecule has 17 heavy (non-hydrogen) atoms. The molecule has 2 rings (SSSR count). The van der Waals surface area contributed by atoms with E-state index in [0.717, 1.165) is 5.82 Å². The summed E-state index contributed by atoms with van der Waals surface area (Å²) in [6.45, 7) is 4.05. The zero-order valence-corrected chi connectivity index (χ0v) is 9.85. The smallest absolute Gasteiger partial charge is 0.138 e. The van der Waals surface area contributed by atoms with Gasteiger partial charge in [-0.3, -0.25) is 0 Å². The molecule has 90 valence electrons. The Bertz CT molecular complexity index is 468. The molecule has 0 saturated heterocycles. The molecule has 6 heteroatoms. The highest BCUT2D eigenvalue weighted by atomic mass is 16.3. The van der Waals surface area contributed by atoms with Crippen molar-refractivity contribution in [1.82, 2.24) is 24.7 Å². The fourth-order valence-corrected chi connectivity index (χ4v) is 1.63. The molecule has 0 spiro atoms. The van der Waals surface area contributed by atoms with Gasteiger partial charge in [0.15, 0.2) is 0 Å². The first-order chi connectivity index (χ1) is 8.18. The van der Waals surface area contributed by atoms with Gasteiger partial charge in [0.2, 0.25) is 0 Å². The van der Waals surface area contributed by atoms with Crippen molar-refractivity contribution < 1.29 is 5.11 Å². The Labute approximate surface area is 99.4 Å². The molecule has 1 unspecified atom stereocenters. The van der Waals surface area contributed by atoms with E-state index < -0.39 is 6.10 Å². The van der Waals surface area contributed by atoms with Gasteiger partial charge in [-0.2, -0.15) is 5.10 Å². The van der Waals surface area contributed by atoms with E-state index in [9.17, 15) is 5.11 Å². The van der Waals surface area contributed by atoms with Crippen LogP contribution in [0.2, 0.25) is 0 Å². The zero-order valence-electron chi connectivity index (χ0n) is 9.85. The van der Waals surface area contributed by atoms with Crippen LogP contribution in [-0.2, 0) is 6.42 Å². The Kier molecular flexibility index (Phi) is 3.43. The predicted molar refractivity (Wildman–Crippen MR) is 61.1 cm³/mol. The molecule has 2 heterocycles. The topological polar surface area (TPSA) is 76.7 Å². The molecule has 2 aromatic rings. The Hall–Kier alpha value is -1.82. The van der Waals surface area contributed by atoms with Crippen LogP contribution in [0, 0.1) is 0 Å². The number of hydrogen-bond donors (Lipinski definition) is 1. The lowest BCUT2D eigenvalue weighted by Gasteiger charge is -2.12. The van der Waals surface area contributed by atoms with E-state index in [0.29, 0.717) is 12.1 Å². The summed E-state index contributed by atoms with van der Waals surface area (Å²) in [5.74, 6) is 0.756. The SMILES string of the molecule is CC(C)n1ncnc1CC(O)c1ccncn1. The van der Waals surface area contributed by atoms with Crippen molar-refractivity contribution in [1.29, 1.82) is 0 Å². The molecular weight excluding hydrogens is 218 g/mol. The van der Waals surface area contributed by atoms with E-state index in [1.165, 1.54) is 12.7 Å². The normalized spacial score (nSPS) is 12.9. The van der Waals surface area contributed by atoms with Gasteiger partial charge in [0.1, 0.15) is 24.6 Å². The first-order valence-corrected chi connectivity index (χ1v) is 5.51. The van der Waals surface area contributed by atoms with E-state index in [2.05, 4.69) is 20.1 Å². The van der Waals surface area contributed by atoms with Gasteiger partial charge in [-0.15, -0.1) is 0 Å². The van der Waals surface area contributed by atoms with Crippen molar-refractivity contribution in [3.63, 3.8) is 0 Å². The van der Waals surface area contributed by atoms with Crippen LogP contribution in [-0.4, -0.2) is 29.8 Å². The fraction of sp³-hybridized carbons (Fsp3) is 0.455. The van der Waals surface area contributed by atoms with Crippen molar-refractivity contribution >= 4 is 0 Å². The van der Waals surface area contributed by atoms with Crippen LogP contribution < -0.4 is 0 Å². The molecular formula is C11H15N5O. The highest BCUT2D eigenvalue weighted by molar-refractivity contribution is 5.05. The van der Waals surface area contributed by atoms with Crippen LogP contribution in [0.1, 0.15) is 37.5 Å². The monoisotopic (exact) mass is 233 g/mol.